The lowest BCUT2D eigenvalue weighted by Crippen LogP contribution is -2.40. The van der Waals surface area contributed by atoms with Crippen molar-refractivity contribution in [3.63, 3.8) is 0 Å². The van der Waals surface area contributed by atoms with Crippen molar-refractivity contribution < 1.29 is 14.3 Å². The van der Waals surface area contributed by atoms with Crippen LogP contribution in [0.25, 0.3) is 0 Å². The normalized spacial score (nSPS) is 17.4. The molecule has 6 heteroatoms. The Hall–Kier alpha value is -2.76. The zero-order valence-corrected chi connectivity index (χ0v) is 13.9. The van der Waals surface area contributed by atoms with E-state index in [1.54, 1.807) is 30.5 Å². The fraction of sp³-hybridized carbons (Fsp3) is 0.368. The lowest BCUT2D eigenvalue weighted by atomic mass is 9.94. The lowest BCUT2D eigenvalue weighted by molar-refractivity contribution is -0.116. The highest BCUT2D eigenvalue weighted by atomic mass is 16.7. The van der Waals surface area contributed by atoms with E-state index in [-0.39, 0.29) is 18.0 Å². The van der Waals surface area contributed by atoms with Gasteiger partial charge in [-0.15, -0.1) is 0 Å². The zero-order valence-electron chi connectivity index (χ0n) is 13.9. The second-order valence-electron chi connectivity index (χ2n) is 6.55. The average molecular weight is 340 g/mol. The highest BCUT2D eigenvalue weighted by molar-refractivity contribution is 5.91. The summed E-state index contributed by atoms with van der Waals surface area (Å²) in [5.41, 5.74) is 0.423. The number of rotatable bonds is 3. The van der Waals surface area contributed by atoms with Crippen molar-refractivity contribution in [3.8, 4) is 11.5 Å². The summed E-state index contributed by atoms with van der Waals surface area (Å²) in [4.78, 5) is 23.9. The van der Waals surface area contributed by atoms with E-state index < -0.39 is 5.79 Å². The van der Waals surface area contributed by atoms with Gasteiger partial charge >= 0.3 is 0 Å². The van der Waals surface area contributed by atoms with Crippen LogP contribution in [0, 0.1) is 0 Å². The second-order valence-corrected chi connectivity index (χ2v) is 6.55. The van der Waals surface area contributed by atoms with Gasteiger partial charge in [-0.2, -0.15) is 0 Å². The molecule has 2 aromatic rings. The molecule has 25 heavy (non-hydrogen) atoms. The minimum atomic E-state index is -0.527. The van der Waals surface area contributed by atoms with Gasteiger partial charge in [-0.1, -0.05) is 12.5 Å². The molecule has 130 valence electrons. The van der Waals surface area contributed by atoms with Gasteiger partial charge in [-0.3, -0.25) is 9.59 Å². The lowest BCUT2D eigenvalue weighted by Gasteiger charge is -2.31. The van der Waals surface area contributed by atoms with Gasteiger partial charge in [0.15, 0.2) is 11.5 Å². The van der Waals surface area contributed by atoms with Gasteiger partial charge < -0.3 is 19.4 Å². The van der Waals surface area contributed by atoms with Crippen LogP contribution in [-0.2, 0) is 11.3 Å². The van der Waals surface area contributed by atoms with Crippen molar-refractivity contribution in [2.45, 2.75) is 44.4 Å². The van der Waals surface area contributed by atoms with E-state index in [9.17, 15) is 9.59 Å². The maximum atomic E-state index is 12.2. The molecule has 0 atom stereocenters. The van der Waals surface area contributed by atoms with Gasteiger partial charge in [0.25, 0.3) is 11.3 Å². The molecule has 4 rings (SSSR count). The summed E-state index contributed by atoms with van der Waals surface area (Å²) in [7, 11) is 0. The largest absolute Gasteiger partial charge is 0.448 e. The molecular formula is C19H20N2O4. The van der Waals surface area contributed by atoms with Gasteiger partial charge in [0.1, 0.15) is 6.54 Å². The fourth-order valence-corrected chi connectivity index (χ4v) is 3.41. The number of ether oxygens (including phenoxy) is 2. The van der Waals surface area contributed by atoms with Crippen LogP contribution in [0.4, 0.5) is 5.69 Å². The number of hydrogen-bond acceptors (Lipinski definition) is 4. The number of carbonyl (C=O) groups excluding carboxylic acids is 1. The second kappa shape index (κ2) is 6.27. The van der Waals surface area contributed by atoms with Gasteiger partial charge in [0.2, 0.25) is 5.91 Å². The molecular weight excluding hydrogens is 320 g/mol. The SMILES string of the molecule is O=C(Cn1ccccc1=O)Nc1ccc2c(c1)OC1(CCCCC1)O2. The van der Waals surface area contributed by atoms with Crippen LogP contribution in [0.1, 0.15) is 32.1 Å². The maximum absolute atomic E-state index is 12.2. The summed E-state index contributed by atoms with van der Waals surface area (Å²) in [6.45, 7) is -0.0297. The van der Waals surface area contributed by atoms with Crippen LogP contribution in [0.15, 0.2) is 47.4 Å². The Labute approximate surface area is 145 Å². The minimum absolute atomic E-state index is 0.0297. The van der Waals surface area contributed by atoms with E-state index in [2.05, 4.69) is 5.32 Å². The van der Waals surface area contributed by atoms with Gasteiger partial charge in [0, 0.05) is 36.9 Å². The summed E-state index contributed by atoms with van der Waals surface area (Å²) >= 11 is 0. The fourth-order valence-electron chi connectivity index (χ4n) is 3.41. The van der Waals surface area contributed by atoms with Crippen molar-refractivity contribution in [1.29, 1.82) is 0 Å². The molecule has 2 heterocycles. The van der Waals surface area contributed by atoms with Crippen molar-refractivity contribution in [2.75, 3.05) is 5.32 Å². The molecule has 1 N–H and O–H groups in total. The first-order chi connectivity index (χ1) is 12.1. The number of anilines is 1. The Bertz CT molecular complexity index is 852. The molecule has 2 aliphatic rings. The van der Waals surface area contributed by atoms with Crippen molar-refractivity contribution in [3.05, 3.63) is 52.9 Å². The number of pyridine rings is 1. The first-order valence-electron chi connectivity index (χ1n) is 8.61. The zero-order chi connectivity index (χ0) is 17.3. The number of fused-ring (bicyclic) bond motifs is 1. The Morgan fingerprint density at radius 3 is 2.68 bits per heavy atom. The van der Waals surface area contributed by atoms with Crippen molar-refractivity contribution in [2.24, 2.45) is 0 Å². The predicted octanol–water partition coefficient (Wildman–Crippen LogP) is 2.92. The molecule has 1 amide bonds. The number of nitrogens with zero attached hydrogens (tertiary/aromatic N) is 1. The van der Waals surface area contributed by atoms with E-state index in [0.29, 0.717) is 11.4 Å². The molecule has 0 radical (unpaired) electrons. The summed E-state index contributed by atoms with van der Waals surface area (Å²) in [5.74, 6) is 0.593. The van der Waals surface area contributed by atoms with E-state index in [0.717, 1.165) is 31.4 Å². The number of amides is 1. The summed E-state index contributed by atoms with van der Waals surface area (Å²) in [6, 6.07) is 10.2. The number of nitrogens with one attached hydrogen (secondary N) is 1. The van der Waals surface area contributed by atoms with Crippen molar-refractivity contribution in [1.82, 2.24) is 4.57 Å². The quantitative estimate of drug-likeness (QED) is 0.933. The Kier molecular flexibility index (Phi) is 3.95. The first kappa shape index (κ1) is 15.7. The van der Waals surface area contributed by atoms with Gasteiger partial charge in [-0.25, -0.2) is 0 Å². The predicted molar refractivity (Wildman–Crippen MR) is 92.8 cm³/mol. The highest BCUT2D eigenvalue weighted by Crippen LogP contribution is 2.46. The molecule has 1 aromatic carbocycles. The van der Waals surface area contributed by atoms with Crippen LogP contribution in [0.3, 0.4) is 0 Å². The first-order valence-corrected chi connectivity index (χ1v) is 8.61. The highest BCUT2D eigenvalue weighted by Gasteiger charge is 2.42. The molecule has 1 aromatic heterocycles. The number of aromatic nitrogens is 1. The summed E-state index contributed by atoms with van der Waals surface area (Å²) in [6.07, 6.45) is 6.78. The standard InChI is InChI=1S/C19H20N2O4/c22-17(13-21-11-5-2-6-18(21)23)20-14-7-8-15-16(12-14)25-19(24-15)9-3-1-4-10-19/h2,5-8,11-12H,1,3-4,9-10,13H2,(H,20,22). The van der Waals surface area contributed by atoms with E-state index >= 15 is 0 Å². The number of benzene rings is 1. The van der Waals surface area contributed by atoms with Gasteiger partial charge in [-0.05, 0) is 31.0 Å². The molecule has 0 bridgehead atoms. The molecule has 1 aliphatic heterocycles. The van der Waals surface area contributed by atoms with Crippen molar-refractivity contribution >= 4 is 11.6 Å². The Morgan fingerprint density at radius 2 is 1.88 bits per heavy atom. The van der Waals surface area contributed by atoms with Crippen LogP contribution < -0.4 is 20.3 Å². The number of hydrogen-bond donors (Lipinski definition) is 1. The summed E-state index contributed by atoms with van der Waals surface area (Å²) < 4.78 is 13.5. The molecule has 0 unspecified atom stereocenters. The van der Waals surface area contributed by atoms with E-state index in [4.69, 9.17) is 9.47 Å². The van der Waals surface area contributed by atoms with Crippen LogP contribution in [-0.4, -0.2) is 16.3 Å². The molecule has 6 nitrogen and oxygen atoms in total. The van der Waals surface area contributed by atoms with E-state index in [1.165, 1.54) is 17.1 Å². The third kappa shape index (κ3) is 3.24. The molecule has 1 spiro atoms. The molecule has 0 saturated heterocycles. The number of carbonyl (C=O) groups is 1. The minimum Gasteiger partial charge on any atom is -0.448 e. The molecule has 1 fully saturated rings. The summed E-state index contributed by atoms with van der Waals surface area (Å²) in [5, 5.41) is 2.80. The maximum Gasteiger partial charge on any atom is 0.251 e. The van der Waals surface area contributed by atoms with Gasteiger partial charge in [0.05, 0.1) is 0 Å². The van der Waals surface area contributed by atoms with Crippen LogP contribution in [0.5, 0.6) is 11.5 Å². The monoisotopic (exact) mass is 340 g/mol. The molecule has 1 saturated carbocycles. The Balaban J connectivity index is 1.45. The Morgan fingerprint density at radius 1 is 1.08 bits per heavy atom. The average Bonchev–Trinajstić information content (AvgIpc) is 2.94. The third-order valence-corrected chi connectivity index (χ3v) is 4.65. The topological polar surface area (TPSA) is 69.6 Å². The van der Waals surface area contributed by atoms with E-state index in [1.807, 2.05) is 6.07 Å². The molecule has 1 aliphatic carbocycles. The van der Waals surface area contributed by atoms with Crippen LogP contribution in [0.2, 0.25) is 0 Å². The third-order valence-electron chi connectivity index (χ3n) is 4.65. The smallest absolute Gasteiger partial charge is 0.251 e. The van der Waals surface area contributed by atoms with Crippen LogP contribution >= 0.6 is 0 Å².